The van der Waals surface area contributed by atoms with Crippen LogP contribution in [0.4, 0.5) is 11.8 Å². The lowest BCUT2D eigenvalue weighted by molar-refractivity contribution is -0.132. The third-order valence-corrected chi connectivity index (χ3v) is 10.5. The van der Waals surface area contributed by atoms with Crippen molar-refractivity contribution in [2.24, 2.45) is 0 Å². The van der Waals surface area contributed by atoms with Gasteiger partial charge in [-0.25, -0.2) is 4.98 Å². The molecule has 0 atom stereocenters. The Kier molecular flexibility index (Phi) is 17.0. The molecule has 2 aliphatic rings. The molecule has 7 N–H and O–H groups in total. The van der Waals surface area contributed by atoms with Gasteiger partial charge in [0, 0.05) is 56.2 Å². The quantitative estimate of drug-likeness (QED) is 0.0554. The van der Waals surface area contributed by atoms with Gasteiger partial charge in [-0.2, -0.15) is 4.98 Å². The molecule has 14 nitrogen and oxygen atoms in total. The first-order valence-corrected chi connectivity index (χ1v) is 20.7. The number of para-hydroxylation sites is 1. The molecular formula is C36H60N11O3P. The van der Waals surface area contributed by atoms with Crippen LogP contribution in [0.3, 0.4) is 0 Å². The van der Waals surface area contributed by atoms with Crippen molar-refractivity contribution in [2.75, 3.05) is 62.6 Å². The lowest BCUT2D eigenvalue weighted by Gasteiger charge is -2.33. The molecule has 2 fully saturated rings. The van der Waals surface area contributed by atoms with E-state index in [1.807, 2.05) is 40.0 Å². The van der Waals surface area contributed by atoms with Gasteiger partial charge >= 0.3 is 0 Å². The summed E-state index contributed by atoms with van der Waals surface area (Å²) >= 11 is 0. The molecule has 0 spiro atoms. The summed E-state index contributed by atoms with van der Waals surface area (Å²) < 4.78 is 1.91. The molecule has 1 aliphatic carbocycles. The van der Waals surface area contributed by atoms with Crippen LogP contribution in [0.2, 0.25) is 0 Å². The number of nitrogens with one attached hydrogen (secondary N) is 5. The Bertz CT molecular complexity index is 1430. The SMILES string of the molecule is O=C(CCCCCNCCP(O)O)N1CCC(Nc2nc(NCc3cn(CCCNCCCNC4CCCCC4)nn3)nc3ccccc23)CC1. The van der Waals surface area contributed by atoms with Crippen LogP contribution in [-0.2, 0) is 17.9 Å². The van der Waals surface area contributed by atoms with E-state index in [0.29, 0.717) is 31.6 Å². The number of piperidine rings is 1. The monoisotopic (exact) mass is 725 g/mol. The molecule has 5 rings (SSSR count). The fraction of sp³-hybridized carbons (Fsp3) is 0.694. The second-order valence-corrected chi connectivity index (χ2v) is 15.1. The van der Waals surface area contributed by atoms with Crippen molar-refractivity contribution >= 4 is 37.0 Å². The maximum absolute atomic E-state index is 12.8. The number of unbranched alkanes of at least 4 members (excludes halogenated alkanes) is 2. The largest absolute Gasteiger partial charge is 0.367 e. The van der Waals surface area contributed by atoms with E-state index in [9.17, 15) is 4.79 Å². The first-order chi connectivity index (χ1) is 25.0. The van der Waals surface area contributed by atoms with Crippen molar-refractivity contribution in [1.82, 2.24) is 45.8 Å². The number of rotatable bonds is 23. The minimum atomic E-state index is -1.82. The first-order valence-electron chi connectivity index (χ1n) is 19.3. The number of carbonyl (C=O) groups excluding carboxylic acids is 1. The smallest absolute Gasteiger partial charge is 0.225 e. The van der Waals surface area contributed by atoms with Gasteiger partial charge in [0.25, 0.3) is 0 Å². The molecule has 1 amide bonds. The number of aromatic nitrogens is 5. The van der Waals surface area contributed by atoms with E-state index in [1.165, 1.54) is 32.1 Å². The number of carbonyl (C=O) groups is 1. The first kappa shape index (κ1) is 39.2. The van der Waals surface area contributed by atoms with Crippen molar-refractivity contribution in [3.63, 3.8) is 0 Å². The molecule has 1 saturated carbocycles. The third kappa shape index (κ3) is 14.2. The zero-order chi connectivity index (χ0) is 35.5. The van der Waals surface area contributed by atoms with Crippen LogP contribution in [0.1, 0.15) is 89.2 Å². The normalized spacial score (nSPS) is 15.9. The molecule has 3 heterocycles. The van der Waals surface area contributed by atoms with E-state index in [0.717, 1.165) is 119 Å². The Hall–Kier alpha value is -3.00. The van der Waals surface area contributed by atoms with Gasteiger partial charge in [0.05, 0.1) is 18.3 Å². The van der Waals surface area contributed by atoms with Gasteiger partial charge in [-0.15, -0.1) is 5.10 Å². The summed E-state index contributed by atoms with van der Waals surface area (Å²) in [5, 5.41) is 27.2. The molecular weight excluding hydrogens is 665 g/mol. The zero-order valence-electron chi connectivity index (χ0n) is 30.2. The van der Waals surface area contributed by atoms with Crippen LogP contribution in [0.25, 0.3) is 10.9 Å². The van der Waals surface area contributed by atoms with Gasteiger partial charge in [0.2, 0.25) is 11.9 Å². The molecule has 2 aromatic heterocycles. The fourth-order valence-corrected chi connectivity index (χ4v) is 7.27. The molecule has 51 heavy (non-hydrogen) atoms. The second kappa shape index (κ2) is 22.2. The van der Waals surface area contributed by atoms with Crippen LogP contribution >= 0.6 is 8.38 Å². The Balaban J connectivity index is 0.986. The summed E-state index contributed by atoms with van der Waals surface area (Å²) in [5.41, 5.74) is 1.71. The molecule has 1 saturated heterocycles. The predicted molar refractivity (Wildman–Crippen MR) is 205 cm³/mol. The average molecular weight is 726 g/mol. The molecule has 0 unspecified atom stereocenters. The number of benzene rings is 1. The maximum Gasteiger partial charge on any atom is 0.225 e. The number of anilines is 2. The van der Waals surface area contributed by atoms with Crippen LogP contribution in [0.5, 0.6) is 0 Å². The molecule has 1 aliphatic heterocycles. The summed E-state index contributed by atoms with van der Waals surface area (Å²) in [5.74, 6) is 1.58. The molecule has 15 heteroatoms. The van der Waals surface area contributed by atoms with E-state index >= 15 is 0 Å². The minimum Gasteiger partial charge on any atom is -0.367 e. The van der Waals surface area contributed by atoms with E-state index in [2.05, 4.69) is 36.9 Å². The summed E-state index contributed by atoms with van der Waals surface area (Å²) in [6.07, 6.45) is 16.5. The third-order valence-electron chi connectivity index (χ3n) is 9.85. The molecule has 0 bridgehead atoms. The molecule has 282 valence electrons. The van der Waals surface area contributed by atoms with E-state index in [4.69, 9.17) is 19.8 Å². The van der Waals surface area contributed by atoms with E-state index in [1.54, 1.807) is 0 Å². The number of hydrogen-bond acceptors (Lipinski definition) is 12. The minimum absolute atomic E-state index is 0.220. The van der Waals surface area contributed by atoms with E-state index in [-0.39, 0.29) is 11.9 Å². The number of amides is 1. The van der Waals surface area contributed by atoms with Gasteiger partial charge in [-0.1, -0.05) is 43.0 Å². The number of hydrogen-bond donors (Lipinski definition) is 7. The molecule has 0 radical (unpaired) electrons. The van der Waals surface area contributed by atoms with E-state index < -0.39 is 8.38 Å². The Morgan fingerprint density at radius 3 is 2.47 bits per heavy atom. The summed E-state index contributed by atoms with van der Waals surface area (Å²) in [4.78, 5) is 42.4. The van der Waals surface area contributed by atoms with Gasteiger partial charge < -0.3 is 41.3 Å². The maximum atomic E-state index is 12.8. The molecule has 3 aromatic rings. The van der Waals surface area contributed by atoms with Crippen molar-refractivity contribution < 1.29 is 14.6 Å². The Morgan fingerprint density at radius 2 is 1.63 bits per heavy atom. The number of nitrogens with zero attached hydrogens (tertiary/aromatic N) is 6. The van der Waals surface area contributed by atoms with Crippen molar-refractivity contribution in [3.8, 4) is 0 Å². The van der Waals surface area contributed by atoms with Crippen molar-refractivity contribution in [3.05, 3.63) is 36.2 Å². The topological polar surface area (TPSA) is 177 Å². The van der Waals surface area contributed by atoms with Crippen LogP contribution < -0.4 is 26.6 Å². The van der Waals surface area contributed by atoms with Crippen molar-refractivity contribution in [1.29, 1.82) is 0 Å². The van der Waals surface area contributed by atoms with Crippen LogP contribution in [0, 0.1) is 0 Å². The summed E-state index contributed by atoms with van der Waals surface area (Å²) in [6.45, 7) is 7.33. The lowest BCUT2D eigenvalue weighted by atomic mass is 9.95. The van der Waals surface area contributed by atoms with Gasteiger partial charge in [0.1, 0.15) is 11.5 Å². The zero-order valence-corrected chi connectivity index (χ0v) is 31.1. The van der Waals surface area contributed by atoms with Crippen molar-refractivity contribution in [2.45, 2.75) is 109 Å². The highest BCUT2D eigenvalue weighted by Gasteiger charge is 2.23. The highest BCUT2D eigenvalue weighted by molar-refractivity contribution is 7.45. The van der Waals surface area contributed by atoms with Gasteiger partial charge in [-0.3, -0.25) is 9.48 Å². The summed E-state index contributed by atoms with van der Waals surface area (Å²) in [7, 11) is -1.82. The standard InChI is InChI=1S/C36H60N11O3P/c48-34(15-5-2-8-18-38-22-26-51(49)50)46-24-16-30(17-25-46)41-35-32-13-6-7-14-33(32)42-36(43-35)40-27-31-28-47(45-44-31)23-10-20-37-19-9-21-39-29-11-3-1-4-12-29/h6-7,13-14,28-30,37-39,49-50H,1-5,8-12,15-27H2,(H2,40,41,42,43). The summed E-state index contributed by atoms with van der Waals surface area (Å²) in [6, 6.07) is 8.99. The average Bonchev–Trinajstić information content (AvgIpc) is 3.61. The van der Waals surface area contributed by atoms with Crippen LogP contribution in [0.15, 0.2) is 30.5 Å². The number of fused-ring (bicyclic) bond motifs is 1. The van der Waals surface area contributed by atoms with Gasteiger partial charge in [-0.05, 0) is 89.7 Å². The molecule has 1 aromatic carbocycles. The Morgan fingerprint density at radius 1 is 0.843 bits per heavy atom. The van der Waals surface area contributed by atoms with Gasteiger partial charge in [0.15, 0.2) is 8.38 Å². The fourth-order valence-electron chi connectivity index (χ4n) is 6.91. The highest BCUT2D eigenvalue weighted by Crippen LogP contribution is 2.25. The highest BCUT2D eigenvalue weighted by atomic mass is 31.2. The Labute approximate surface area is 304 Å². The van der Waals surface area contributed by atoms with Crippen LogP contribution in [-0.4, -0.2) is 110 Å². The number of aryl methyl sites for hydroxylation is 1. The predicted octanol–water partition coefficient (Wildman–Crippen LogP) is 3.97. The lowest BCUT2D eigenvalue weighted by Crippen LogP contribution is -2.42. The second-order valence-electron chi connectivity index (χ2n) is 13.9. The number of likely N-dealkylation sites (tertiary alicyclic amines) is 1.